The van der Waals surface area contributed by atoms with Crippen LogP contribution in [0.25, 0.3) is 0 Å². The molecular formula is C19H19N5O. The van der Waals surface area contributed by atoms with Crippen molar-refractivity contribution in [3.8, 4) is 0 Å². The van der Waals surface area contributed by atoms with Crippen LogP contribution in [0, 0.1) is 0 Å². The molecule has 1 aliphatic carbocycles. The Kier molecular flexibility index (Phi) is 3.29. The van der Waals surface area contributed by atoms with E-state index in [0.29, 0.717) is 5.92 Å². The van der Waals surface area contributed by atoms with Gasteiger partial charge in [0, 0.05) is 12.6 Å². The zero-order valence-corrected chi connectivity index (χ0v) is 13.8. The van der Waals surface area contributed by atoms with Crippen LogP contribution < -0.4 is 5.69 Å². The largest absolute Gasteiger partial charge is 0.346 e. The fourth-order valence-electron chi connectivity index (χ4n) is 4.15. The Balaban J connectivity index is 1.40. The van der Waals surface area contributed by atoms with Crippen molar-refractivity contribution in [2.75, 3.05) is 0 Å². The Hall–Kier alpha value is -2.76. The van der Waals surface area contributed by atoms with Crippen LogP contribution >= 0.6 is 0 Å². The molecule has 1 saturated carbocycles. The van der Waals surface area contributed by atoms with Crippen molar-refractivity contribution >= 4 is 0 Å². The van der Waals surface area contributed by atoms with E-state index in [-0.39, 0.29) is 17.8 Å². The summed E-state index contributed by atoms with van der Waals surface area (Å²) in [6.07, 6.45) is 7.26. The molecule has 1 aromatic carbocycles. The Labute approximate surface area is 145 Å². The van der Waals surface area contributed by atoms with E-state index in [9.17, 15) is 4.79 Å². The molecule has 3 aromatic rings. The van der Waals surface area contributed by atoms with E-state index in [2.05, 4.69) is 27.4 Å². The summed E-state index contributed by atoms with van der Waals surface area (Å²) >= 11 is 0. The van der Waals surface area contributed by atoms with Crippen LogP contribution in [0.15, 0.2) is 53.6 Å². The Morgan fingerprint density at radius 1 is 1.00 bits per heavy atom. The topological polar surface area (TPSA) is 65.6 Å². The van der Waals surface area contributed by atoms with Gasteiger partial charge in [-0.05, 0) is 42.4 Å². The molecule has 0 saturated heterocycles. The number of nitrogens with zero attached hydrogens (tertiary/aromatic N) is 5. The Morgan fingerprint density at radius 3 is 2.60 bits per heavy atom. The summed E-state index contributed by atoms with van der Waals surface area (Å²) in [5.41, 5.74) is 2.43. The Bertz CT molecular complexity index is 941. The molecule has 3 heterocycles. The van der Waals surface area contributed by atoms with Crippen LogP contribution in [-0.2, 0) is 6.42 Å². The van der Waals surface area contributed by atoms with Crippen molar-refractivity contribution < 1.29 is 0 Å². The molecule has 0 N–H and O–H groups in total. The minimum Gasteiger partial charge on any atom is -0.271 e. The lowest BCUT2D eigenvalue weighted by Crippen LogP contribution is -2.35. The third-order valence-electron chi connectivity index (χ3n) is 5.58. The second-order valence-electron chi connectivity index (χ2n) is 6.98. The van der Waals surface area contributed by atoms with Gasteiger partial charge in [0.15, 0.2) is 0 Å². The van der Waals surface area contributed by atoms with Gasteiger partial charge in [0.05, 0.1) is 18.3 Å². The summed E-state index contributed by atoms with van der Waals surface area (Å²) in [4.78, 5) is 13.0. The van der Waals surface area contributed by atoms with Gasteiger partial charge in [-0.3, -0.25) is 4.57 Å². The lowest BCUT2D eigenvalue weighted by atomic mass is 9.76. The molecule has 25 heavy (non-hydrogen) atoms. The molecule has 0 bridgehead atoms. The molecule has 0 unspecified atom stereocenters. The first-order chi connectivity index (χ1) is 12.3. The van der Waals surface area contributed by atoms with Crippen molar-refractivity contribution in [3.63, 3.8) is 0 Å². The molecule has 1 aliphatic heterocycles. The summed E-state index contributed by atoms with van der Waals surface area (Å²) in [6, 6.07) is 12.6. The third kappa shape index (κ3) is 2.32. The smallest absolute Gasteiger partial charge is 0.271 e. The fraction of sp³-hybridized carbons (Fsp3) is 0.368. The molecule has 1 atom stereocenters. The lowest BCUT2D eigenvalue weighted by molar-refractivity contribution is 0.236. The van der Waals surface area contributed by atoms with E-state index in [1.807, 2.05) is 35.0 Å². The SMILES string of the molecule is O=c1n(C2CC(c3ccnnc3)C2)nc2n1[C@H](c1ccccc1)CC2. The first-order valence-corrected chi connectivity index (χ1v) is 8.82. The summed E-state index contributed by atoms with van der Waals surface area (Å²) in [5.74, 6) is 1.38. The van der Waals surface area contributed by atoms with E-state index in [0.717, 1.165) is 31.5 Å². The molecule has 6 heteroatoms. The quantitative estimate of drug-likeness (QED) is 0.739. The van der Waals surface area contributed by atoms with E-state index < -0.39 is 0 Å². The van der Waals surface area contributed by atoms with Gasteiger partial charge in [-0.15, -0.1) is 0 Å². The molecule has 0 radical (unpaired) electrons. The number of hydrogen-bond donors (Lipinski definition) is 0. The predicted octanol–water partition coefficient (Wildman–Crippen LogP) is 2.49. The minimum atomic E-state index is 0.0395. The third-order valence-corrected chi connectivity index (χ3v) is 5.58. The van der Waals surface area contributed by atoms with Crippen LogP contribution in [0.2, 0.25) is 0 Å². The van der Waals surface area contributed by atoms with Crippen molar-refractivity contribution in [2.45, 2.75) is 43.7 Å². The minimum absolute atomic E-state index is 0.0395. The van der Waals surface area contributed by atoms with Crippen molar-refractivity contribution in [3.05, 3.63) is 76.2 Å². The van der Waals surface area contributed by atoms with Gasteiger partial charge in [0.1, 0.15) is 5.82 Å². The Morgan fingerprint density at radius 2 is 1.84 bits per heavy atom. The maximum absolute atomic E-state index is 13.0. The van der Waals surface area contributed by atoms with Gasteiger partial charge in [-0.1, -0.05) is 30.3 Å². The van der Waals surface area contributed by atoms with Crippen LogP contribution in [-0.4, -0.2) is 24.5 Å². The van der Waals surface area contributed by atoms with Crippen LogP contribution in [0.1, 0.15) is 54.2 Å². The van der Waals surface area contributed by atoms with E-state index in [4.69, 9.17) is 0 Å². The first kappa shape index (κ1) is 14.6. The lowest BCUT2D eigenvalue weighted by Gasteiger charge is -2.34. The number of aromatic nitrogens is 5. The highest BCUT2D eigenvalue weighted by Crippen LogP contribution is 2.43. The van der Waals surface area contributed by atoms with E-state index in [1.54, 1.807) is 10.9 Å². The molecule has 5 rings (SSSR count). The van der Waals surface area contributed by atoms with E-state index >= 15 is 0 Å². The molecular weight excluding hydrogens is 314 g/mol. The van der Waals surface area contributed by atoms with Gasteiger partial charge in [-0.2, -0.15) is 15.3 Å². The monoisotopic (exact) mass is 333 g/mol. The van der Waals surface area contributed by atoms with Crippen molar-refractivity contribution in [2.24, 2.45) is 0 Å². The van der Waals surface area contributed by atoms with Gasteiger partial charge >= 0.3 is 5.69 Å². The molecule has 0 spiro atoms. The number of rotatable bonds is 3. The second-order valence-corrected chi connectivity index (χ2v) is 6.98. The molecule has 126 valence electrons. The molecule has 6 nitrogen and oxygen atoms in total. The number of hydrogen-bond acceptors (Lipinski definition) is 4. The zero-order chi connectivity index (χ0) is 16.8. The molecule has 1 fully saturated rings. The standard InChI is InChI=1S/C19H19N5O/c25-19-23-17(13-4-2-1-3-5-13)6-7-18(23)22-24(19)16-10-15(11-16)14-8-9-20-21-12-14/h1-5,8-9,12,15-17H,6-7,10-11H2/t15?,16?,17-/m0/s1. The van der Waals surface area contributed by atoms with Crippen molar-refractivity contribution in [1.82, 2.24) is 24.5 Å². The number of fused-ring (bicyclic) bond motifs is 1. The normalized spacial score (nSPS) is 24.7. The number of aryl methyl sites for hydroxylation is 1. The second kappa shape index (κ2) is 5.65. The average molecular weight is 333 g/mol. The highest BCUT2D eigenvalue weighted by atomic mass is 16.2. The summed E-state index contributed by atoms with van der Waals surface area (Å²) < 4.78 is 3.62. The van der Waals surface area contributed by atoms with E-state index in [1.165, 1.54) is 11.1 Å². The number of benzene rings is 1. The first-order valence-electron chi connectivity index (χ1n) is 8.82. The van der Waals surface area contributed by atoms with Gasteiger partial charge in [0.25, 0.3) is 0 Å². The predicted molar refractivity (Wildman–Crippen MR) is 92.4 cm³/mol. The average Bonchev–Trinajstić information content (AvgIpc) is 3.17. The van der Waals surface area contributed by atoms with Crippen LogP contribution in [0.4, 0.5) is 0 Å². The van der Waals surface area contributed by atoms with Gasteiger partial charge in [-0.25, -0.2) is 9.48 Å². The molecule has 0 amide bonds. The summed E-state index contributed by atoms with van der Waals surface area (Å²) in [7, 11) is 0. The maximum atomic E-state index is 13.0. The maximum Gasteiger partial charge on any atom is 0.346 e. The highest BCUT2D eigenvalue weighted by molar-refractivity contribution is 5.23. The summed E-state index contributed by atoms with van der Waals surface area (Å²) in [5, 5.41) is 12.4. The molecule has 2 aromatic heterocycles. The van der Waals surface area contributed by atoms with Crippen LogP contribution in [0.3, 0.4) is 0 Å². The van der Waals surface area contributed by atoms with Crippen LogP contribution in [0.5, 0.6) is 0 Å². The molecule has 2 aliphatic rings. The highest BCUT2D eigenvalue weighted by Gasteiger charge is 2.37. The van der Waals surface area contributed by atoms with Gasteiger partial charge < -0.3 is 0 Å². The van der Waals surface area contributed by atoms with Gasteiger partial charge in [0.2, 0.25) is 0 Å². The van der Waals surface area contributed by atoms with Crippen molar-refractivity contribution in [1.29, 1.82) is 0 Å². The summed E-state index contributed by atoms with van der Waals surface area (Å²) in [6.45, 7) is 0. The zero-order valence-electron chi connectivity index (χ0n) is 13.8. The fourth-order valence-corrected chi connectivity index (χ4v) is 4.15.